The standard InChI is InChI=1S/C23H31ClN8O/c1-3-8-30-14-17(24)21(28-30)23(33)31-9-5-4-6-19(31)18-11-20-26-22(15(2)12-32(20)27-18)29-10-7-16(25)13-29/h11-12,14,16,19H,3-10,13,25H2,1-2H3/t16-,19-/m0/s1. The van der Waals surface area contributed by atoms with Gasteiger partial charge in [-0.1, -0.05) is 18.5 Å². The van der Waals surface area contributed by atoms with Crippen molar-refractivity contribution >= 4 is 29.0 Å². The Morgan fingerprint density at radius 3 is 2.82 bits per heavy atom. The number of halogens is 1. The molecule has 2 aliphatic heterocycles. The van der Waals surface area contributed by atoms with Crippen LogP contribution in [0.5, 0.6) is 0 Å². The Morgan fingerprint density at radius 1 is 1.21 bits per heavy atom. The molecule has 2 atom stereocenters. The first kappa shape index (κ1) is 22.2. The van der Waals surface area contributed by atoms with Crippen molar-refractivity contribution in [3.63, 3.8) is 0 Å². The van der Waals surface area contributed by atoms with Crippen LogP contribution in [0.1, 0.15) is 66.8 Å². The lowest BCUT2D eigenvalue weighted by molar-refractivity contribution is 0.0598. The van der Waals surface area contributed by atoms with Crippen molar-refractivity contribution in [3.8, 4) is 0 Å². The van der Waals surface area contributed by atoms with E-state index < -0.39 is 0 Å². The predicted octanol–water partition coefficient (Wildman–Crippen LogP) is 3.20. The molecule has 0 spiro atoms. The molecule has 3 aromatic rings. The Bertz CT molecular complexity index is 1170. The van der Waals surface area contributed by atoms with E-state index >= 15 is 0 Å². The fourth-order valence-corrected chi connectivity index (χ4v) is 5.22. The number of anilines is 1. The van der Waals surface area contributed by atoms with Gasteiger partial charge in [0.2, 0.25) is 0 Å². The third-order valence-corrected chi connectivity index (χ3v) is 6.90. The molecule has 3 aromatic heterocycles. The van der Waals surface area contributed by atoms with Gasteiger partial charge in [0.25, 0.3) is 5.91 Å². The van der Waals surface area contributed by atoms with Gasteiger partial charge in [-0.3, -0.25) is 9.48 Å². The minimum Gasteiger partial charge on any atom is -0.355 e. The summed E-state index contributed by atoms with van der Waals surface area (Å²) in [5, 5.41) is 9.68. The van der Waals surface area contributed by atoms with E-state index in [0.717, 1.165) is 74.5 Å². The molecule has 33 heavy (non-hydrogen) atoms. The number of nitrogens with two attached hydrogens (primary N) is 1. The fourth-order valence-electron chi connectivity index (χ4n) is 4.99. The Hall–Kier alpha value is -2.65. The highest BCUT2D eigenvalue weighted by Gasteiger charge is 2.33. The van der Waals surface area contributed by atoms with E-state index in [9.17, 15) is 4.79 Å². The summed E-state index contributed by atoms with van der Waals surface area (Å²) >= 11 is 6.39. The van der Waals surface area contributed by atoms with Crippen LogP contribution in [-0.2, 0) is 6.54 Å². The molecule has 0 aromatic carbocycles. The van der Waals surface area contributed by atoms with E-state index in [1.54, 1.807) is 10.9 Å². The van der Waals surface area contributed by atoms with Gasteiger partial charge < -0.3 is 15.5 Å². The van der Waals surface area contributed by atoms with E-state index in [4.69, 9.17) is 27.4 Å². The molecule has 0 bridgehead atoms. The summed E-state index contributed by atoms with van der Waals surface area (Å²) in [4.78, 5) is 22.5. The molecule has 10 heteroatoms. The number of amides is 1. The van der Waals surface area contributed by atoms with E-state index in [1.165, 1.54) is 0 Å². The molecular formula is C23H31ClN8O. The van der Waals surface area contributed by atoms with Gasteiger partial charge in [-0.25, -0.2) is 9.50 Å². The molecule has 1 amide bonds. The zero-order valence-electron chi connectivity index (χ0n) is 19.2. The van der Waals surface area contributed by atoms with Crippen molar-refractivity contribution in [2.45, 2.75) is 64.6 Å². The number of nitrogens with zero attached hydrogens (tertiary/aromatic N) is 7. The second kappa shape index (κ2) is 8.95. The molecule has 176 valence electrons. The molecule has 0 radical (unpaired) electrons. The third kappa shape index (κ3) is 4.19. The number of fused-ring (bicyclic) bond motifs is 1. The number of aromatic nitrogens is 5. The maximum Gasteiger partial charge on any atom is 0.276 e. The molecule has 0 unspecified atom stereocenters. The van der Waals surface area contributed by atoms with Crippen molar-refractivity contribution in [3.05, 3.63) is 40.4 Å². The molecule has 2 saturated heterocycles. The number of carbonyl (C=O) groups is 1. The number of carbonyl (C=O) groups excluding carboxylic acids is 1. The van der Waals surface area contributed by atoms with Crippen LogP contribution in [0.3, 0.4) is 0 Å². The zero-order valence-corrected chi connectivity index (χ0v) is 20.0. The highest BCUT2D eigenvalue weighted by atomic mass is 35.5. The fraction of sp³-hybridized carbons (Fsp3) is 0.565. The Labute approximate surface area is 198 Å². The SMILES string of the molecule is CCCn1cc(Cl)c(C(=O)N2CCCC[C@H]2c2cc3nc(N4CC[C@H](N)C4)c(C)cn3n2)n1. The minimum absolute atomic E-state index is 0.121. The predicted molar refractivity (Wildman–Crippen MR) is 128 cm³/mol. The van der Waals surface area contributed by atoms with E-state index in [-0.39, 0.29) is 18.0 Å². The molecule has 2 fully saturated rings. The van der Waals surface area contributed by atoms with Gasteiger partial charge >= 0.3 is 0 Å². The van der Waals surface area contributed by atoms with Gasteiger partial charge in [-0.15, -0.1) is 0 Å². The van der Waals surface area contributed by atoms with Gasteiger partial charge in [0, 0.05) is 56.2 Å². The number of piperidine rings is 1. The van der Waals surface area contributed by atoms with Crippen molar-refractivity contribution in [2.24, 2.45) is 5.73 Å². The monoisotopic (exact) mass is 470 g/mol. The first-order valence-electron chi connectivity index (χ1n) is 11.9. The third-order valence-electron chi connectivity index (χ3n) is 6.63. The van der Waals surface area contributed by atoms with Crippen LogP contribution in [0.2, 0.25) is 5.02 Å². The van der Waals surface area contributed by atoms with Crippen molar-refractivity contribution < 1.29 is 4.79 Å². The summed E-state index contributed by atoms with van der Waals surface area (Å²) in [6.07, 6.45) is 8.52. The first-order valence-corrected chi connectivity index (χ1v) is 12.2. The zero-order chi connectivity index (χ0) is 23.1. The normalized spacial score (nSPS) is 21.3. The largest absolute Gasteiger partial charge is 0.355 e. The quantitative estimate of drug-likeness (QED) is 0.615. The highest BCUT2D eigenvalue weighted by molar-refractivity contribution is 6.33. The second-order valence-corrected chi connectivity index (χ2v) is 9.62. The Morgan fingerprint density at radius 2 is 2.06 bits per heavy atom. The summed E-state index contributed by atoms with van der Waals surface area (Å²) in [7, 11) is 0. The van der Waals surface area contributed by atoms with Crippen molar-refractivity contribution in [2.75, 3.05) is 24.5 Å². The number of likely N-dealkylation sites (tertiary alicyclic amines) is 1. The highest BCUT2D eigenvalue weighted by Crippen LogP contribution is 2.33. The average Bonchev–Trinajstić information content (AvgIpc) is 3.51. The summed E-state index contributed by atoms with van der Waals surface area (Å²) in [5.74, 6) is 0.833. The van der Waals surface area contributed by atoms with Crippen LogP contribution in [0.25, 0.3) is 5.65 Å². The molecule has 2 aliphatic rings. The number of rotatable bonds is 5. The lowest BCUT2D eigenvalue weighted by atomic mass is 9.99. The Kier molecular flexibility index (Phi) is 6.01. The van der Waals surface area contributed by atoms with E-state index in [0.29, 0.717) is 17.3 Å². The first-order chi connectivity index (χ1) is 15.9. The molecule has 9 nitrogen and oxygen atoms in total. The second-order valence-electron chi connectivity index (χ2n) is 9.21. The van der Waals surface area contributed by atoms with Crippen molar-refractivity contribution in [1.82, 2.24) is 29.3 Å². The summed E-state index contributed by atoms with van der Waals surface area (Å²) in [6, 6.07) is 2.08. The molecule has 2 N–H and O–H groups in total. The van der Waals surface area contributed by atoms with Gasteiger partial charge in [-0.05, 0) is 39.0 Å². The van der Waals surface area contributed by atoms with Gasteiger partial charge in [0.15, 0.2) is 11.3 Å². The maximum atomic E-state index is 13.4. The number of hydrogen-bond donors (Lipinski definition) is 1. The maximum absolute atomic E-state index is 13.4. The van der Waals surface area contributed by atoms with E-state index in [1.807, 2.05) is 21.7 Å². The topological polar surface area (TPSA) is 97.6 Å². The summed E-state index contributed by atoms with van der Waals surface area (Å²) < 4.78 is 3.57. The van der Waals surface area contributed by atoms with Gasteiger partial charge in [0.1, 0.15) is 5.82 Å². The van der Waals surface area contributed by atoms with Crippen molar-refractivity contribution in [1.29, 1.82) is 0 Å². The smallest absolute Gasteiger partial charge is 0.276 e. The van der Waals surface area contributed by atoms with Gasteiger partial charge in [0.05, 0.1) is 16.8 Å². The molecule has 5 rings (SSSR count). The van der Waals surface area contributed by atoms with Gasteiger partial charge in [-0.2, -0.15) is 10.2 Å². The molecule has 0 aliphatic carbocycles. The molecule has 5 heterocycles. The lowest BCUT2D eigenvalue weighted by Crippen LogP contribution is -2.39. The van der Waals surface area contributed by atoms with Crippen LogP contribution in [-0.4, -0.2) is 60.9 Å². The van der Waals surface area contributed by atoms with Crippen LogP contribution in [0, 0.1) is 6.92 Å². The lowest BCUT2D eigenvalue weighted by Gasteiger charge is -2.34. The average molecular weight is 471 g/mol. The van der Waals surface area contributed by atoms with Crippen LogP contribution in [0.15, 0.2) is 18.5 Å². The summed E-state index contributed by atoms with van der Waals surface area (Å²) in [6.45, 7) is 7.26. The number of hydrogen-bond acceptors (Lipinski definition) is 6. The Balaban J connectivity index is 1.45. The van der Waals surface area contributed by atoms with E-state index in [2.05, 4.69) is 23.8 Å². The number of aryl methyl sites for hydroxylation is 2. The molecule has 0 saturated carbocycles. The molecular weight excluding hydrogens is 440 g/mol. The summed E-state index contributed by atoms with van der Waals surface area (Å²) in [5.41, 5.74) is 9.14. The van der Waals surface area contributed by atoms with Crippen LogP contribution in [0.4, 0.5) is 5.82 Å². The minimum atomic E-state index is -0.132. The van der Waals surface area contributed by atoms with Crippen LogP contribution >= 0.6 is 11.6 Å². The van der Waals surface area contributed by atoms with Crippen LogP contribution < -0.4 is 10.6 Å².